The number of amides is 3. The Morgan fingerprint density at radius 2 is 1.90 bits per heavy atom. The minimum absolute atomic E-state index is 0.00923. The molecule has 0 unspecified atom stereocenters. The number of methoxy groups -OCH3 is 1. The highest BCUT2D eigenvalue weighted by Crippen LogP contribution is 2.35. The largest absolute Gasteiger partial charge is 0.497 e. The number of fused-ring (bicyclic) bond motifs is 1. The van der Waals surface area contributed by atoms with Crippen molar-refractivity contribution in [2.24, 2.45) is 5.92 Å². The van der Waals surface area contributed by atoms with Crippen molar-refractivity contribution in [3.8, 4) is 11.5 Å². The van der Waals surface area contributed by atoms with E-state index in [1.165, 1.54) is 0 Å². The van der Waals surface area contributed by atoms with Crippen LogP contribution >= 0.6 is 0 Å². The van der Waals surface area contributed by atoms with Crippen LogP contribution in [0.4, 0.5) is 16.2 Å². The van der Waals surface area contributed by atoms with Gasteiger partial charge >= 0.3 is 6.03 Å². The summed E-state index contributed by atoms with van der Waals surface area (Å²) in [5.41, 5.74) is 1.54. The van der Waals surface area contributed by atoms with E-state index in [0.29, 0.717) is 38.2 Å². The number of benzene rings is 2. The lowest BCUT2D eigenvalue weighted by molar-refractivity contribution is -0.121. The molecule has 1 N–H and O–H groups in total. The van der Waals surface area contributed by atoms with Gasteiger partial charge in [-0.1, -0.05) is 25.1 Å². The maximum Gasteiger partial charge on any atom is 0.324 e. The normalized spacial score (nSPS) is 18.7. The molecule has 0 aromatic heterocycles. The molecule has 0 aliphatic carbocycles. The molecule has 1 saturated heterocycles. The molecule has 7 nitrogen and oxygen atoms in total. The number of hydrogen-bond acceptors (Lipinski definition) is 4. The average Bonchev–Trinajstić information content (AvgIpc) is 2.83. The van der Waals surface area contributed by atoms with E-state index in [0.717, 1.165) is 23.5 Å². The number of ether oxygens (including phenoxy) is 2. The molecule has 7 heteroatoms. The first-order chi connectivity index (χ1) is 15.1. The molecule has 0 saturated carbocycles. The predicted molar refractivity (Wildman–Crippen MR) is 120 cm³/mol. The Morgan fingerprint density at radius 3 is 2.65 bits per heavy atom. The summed E-state index contributed by atoms with van der Waals surface area (Å²) in [5, 5.41) is 2.97. The Morgan fingerprint density at radius 1 is 1.13 bits per heavy atom. The molecule has 1 fully saturated rings. The number of piperidine rings is 1. The Balaban J connectivity index is 1.37. The fourth-order valence-corrected chi connectivity index (χ4v) is 4.14. The van der Waals surface area contributed by atoms with E-state index in [-0.39, 0.29) is 24.0 Å². The summed E-state index contributed by atoms with van der Waals surface area (Å²) in [6.07, 6.45) is 2.12. The molecular weight excluding hydrogens is 394 g/mol. The van der Waals surface area contributed by atoms with Crippen molar-refractivity contribution in [3.63, 3.8) is 0 Å². The van der Waals surface area contributed by atoms with Crippen LogP contribution in [-0.2, 0) is 4.79 Å². The molecule has 3 amide bonds. The lowest BCUT2D eigenvalue weighted by Crippen LogP contribution is -2.52. The number of anilines is 2. The Bertz CT molecular complexity index is 940. The molecule has 2 aliphatic heterocycles. The van der Waals surface area contributed by atoms with Gasteiger partial charge in [0.1, 0.15) is 17.6 Å². The van der Waals surface area contributed by atoms with Crippen molar-refractivity contribution in [2.75, 3.05) is 37.0 Å². The maximum absolute atomic E-state index is 13.3. The van der Waals surface area contributed by atoms with Crippen molar-refractivity contribution >= 4 is 23.3 Å². The highest BCUT2D eigenvalue weighted by molar-refractivity contribution is 5.95. The highest BCUT2D eigenvalue weighted by Gasteiger charge is 2.34. The van der Waals surface area contributed by atoms with Crippen LogP contribution in [0.2, 0.25) is 0 Å². The van der Waals surface area contributed by atoms with E-state index >= 15 is 0 Å². The molecule has 31 heavy (non-hydrogen) atoms. The summed E-state index contributed by atoms with van der Waals surface area (Å²) in [6.45, 7) is 3.73. The quantitative estimate of drug-likeness (QED) is 0.802. The SMILES string of the molecule is CC[C@@H]1CN(C(=O)N2CCC(C(=O)Nc3cccc(OC)c3)CC2)c2ccccc2O1. The van der Waals surface area contributed by atoms with Crippen molar-refractivity contribution in [2.45, 2.75) is 32.3 Å². The van der Waals surface area contributed by atoms with Crippen LogP contribution in [0.1, 0.15) is 26.2 Å². The number of rotatable bonds is 4. The van der Waals surface area contributed by atoms with Gasteiger partial charge in [-0.25, -0.2) is 4.79 Å². The fourth-order valence-electron chi connectivity index (χ4n) is 4.14. The average molecular weight is 424 g/mol. The summed E-state index contributed by atoms with van der Waals surface area (Å²) in [4.78, 5) is 29.7. The highest BCUT2D eigenvalue weighted by atomic mass is 16.5. The lowest BCUT2D eigenvalue weighted by atomic mass is 9.96. The second-order valence-corrected chi connectivity index (χ2v) is 7.99. The first-order valence-corrected chi connectivity index (χ1v) is 10.9. The van der Waals surface area contributed by atoms with Gasteiger partial charge in [0.05, 0.1) is 19.3 Å². The van der Waals surface area contributed by atoms with Gasteiger partial charge in [0.2, 0.25) is 5.91 Å². The molecule has 2 heterocycles. The molecule has 4 rings (SSSR count). The topological polar surface area (TPSA) is 71.1 Å². The summed E-state index contributed by atoms with van der Waals surface area (Å²) < 4.78 is 11.2. The third-order valence-corrected chi connectivity index (χ3v) is 6.00. The second-order valence-electron chi connectivity index (χ2n) is 7.99. The van der Waals surface area contributed by atoms with Gasteiger partial charge in [-0.2, -0.15) is 0 Å². The number of nitrogens with one attached hydrogen (secondary N) is 1. The lowest BCUT2D eigenvalue weighted by Gasteiger charge is -2.39. The van der Waals surface area contributed by atoms with Crippen LogP contribution in [0.25, 0.3) is 0 Å². The zero-order valence-corrected chi connectivity index (χ0v) is 18.0. The molecule has 1 atom stereocenters. The smallest absolute Gasteiger partial charge is 0.324 e. The Kier molecular flexibility index (Phi) is 6.30. The van der Waals surface area contributed by atoms with E-state index in [4.69, 9.17) is 9.47 Å². The van der Waals surface area contributed by atoms with Gasteiger partial charge in [0, 0.05) is 30.8 Å². The Labute approximate surface area is 182 Å². The van der Waals surface area contributed by atoms with Gasteiger partial charge in [0.25, 0.3) is 0 Å². The van der Waals surface area contributed by atoms with Gasteiger partial charge in [0.15, 0.2) is 0 Å². The summed E-state index contributed by atoms with van der Waals surface area (Å²) in [5.74, 6) is 1.33. The molecular formula is C24H29N3O4. The van der Waals surface area contributed by atoms with Crippen molar-refractivity contribution in [1.82, 2.24) is 4.90 Å². The van der Waals surface area contributed by atoms with Gasteiger partial charge in [-0.15, -0.1) is 0 Å². The second kappa shape index (κ2) is 9.29. The molecule has 0 radical (unpaired) electrons. The van der Waals surface area contributed by atoms with E-state index in [1.807, 2.05) is 52.3 Å². The molecule has 164 valence electrons. The first-order valence-electron chi connectivity index (χ1n) is 10.9. The van der Waals surface area contributed by atoms with Crippen LogP contribution < -0.4 is 19.7 Å². The van der Waals surface area contributed by atoms with Crippen LogP contribution in [0, 0.1) is 5.92 Å². The third kappa shape index (κ3) is 4.60. The third-order valence-electron chi connectivity index (χ3n) is 6.00. The predicted octanol–water partition coefficient (Wildman–Crippen LogP) is 4.14. The number of carbonyl (C=O) groups is 2. The monoisotopic (exact) mass is 423 g/mol. The molecule has 2 aromatic carbocycles. The zero-order chi connectivity index (χ0) is 21.8. The van der Waals surface area contributed by atoms with Crippen molar-refractivity contribution < 1.29 is 19.1 Å². The first kappa shape index (κ1) is 21.0. The van der Waals surface area contributed by atoms with Crippen LogP contribution in [0.5, 0.6) is 11.5 Å². The van der Waals surface area contributed by atoms with E-state index in [9.17, 15) is 9.59 Å². The summed E-state index contributed by atoms with van der Waals surface area (Å²) in [7, 11) is 1.60. The van der Waals surface area contributed by atoms with Gasteiger partial charge in [-0.05, 0) is 43.5 Å². The zero-order valence-electron chi connectivity index (χ0n) is 18.0. The van der Waals surface area contributed by atoms with Crippen molar-refractivity contribution in [3.05, 3.63) is 48.5 Å². The number of para-hydroxylation sites is 2. The molecule has 0 spiro atoms. The number of likely N-dealkylation sites (tertiary alicyclic amines) is 1. The number of urea groups is 1. The van der Waals surface area contributed by atoms with E-state index in [2.05, 4.69) is 12.2 Å². The fraction of sp³-hybridized carbons (Fsp3) is 0.417. The van der Waals surface area contributed by atoms with Gasteiger partial charge in [-0.3, -0.25) is 9.69 Å². The number of hydrogen-bond donors (Lipinski definition) is 1. The number of nitrogens with zero attached hydrogens (tertiary/aromatic N) is 2. The standard InChI is InChI=1S/C24H29N3O4/c1-3-19-16-27(21-9-4-5-10-22(21)31-19)24(29)26-13-11-17(12-14-26)23(28)25-18-7-6-8-20(15-18)30-2/h4-10,15,17,19H,3,11-14,16H2,1-2H3,(H,25,28)/t19-/m1/s1. The number of carbonyl (C=O) groups excluding carboxylic acids is 2. The minimum atomic E-state index is -0.115. The summed E-state index contributed by atoms with van der Waals surface area (Å²) >= 11 is 0. The van der Waals surface area contributed by atoms with Crippen LogP contribution in [-0.4, -0.2) is 49.7 Å². The maximum atomic E-state index is 13.3. The molecule has 2 aliphatic rings. The van der Waals surface area contributed by atoms with E-state index < -0.39 is 0 Å². The van der Waals surface area contributed by atoms with Crippen molar-refractivity contribution in [1.29, 1.82) is 0 Å². The summed E-state index contributed by atoms with van der Waals surface area (Å²) in [6, 6.07) is 15.0. The van der Waals surface area contributed by atoms with E-state index in [1.54, 1.807) is 13.2 Å². The Hall–Kier alpha value is -3.22. The minimum Gasteiger partial charge on any atom is -0.497 e. The molecule has 2 aromatic rings. The van der Waals surface area contributed by atoms with Crippen LogP contribution in [0.3, 0.4) is 0 Å². The van der Waals surface area contributed by atoms with Crippen LogP contribution in [0.15, 0.2) is 48.5 Å². The molecule has 0 bridgehead atoms. The van der Waals surface area contributed by atoms with Gasteiger partial charge < -0.3 is 19.7 Å².